The van der Waals surface area contributed by atoms with Gasteiger partial charge in [0, 0.05) is 13.6 Å². The molecule has 1 aromatic rings. The number of carboxylic acids is 1. The van der Waals surface area contributed by atoms with Gasteiger partial charge in [-0.05, 0) is 24.9 Å². The zero-order valence-corrected chi connectivity index (χ0v) is 11.5. The molecule has 7 heteroatoms. The first-order valence-corrected chi connectivity index (χ1v) is 6.47. The molecular formula is C11H17N3O3S. The number of carboxylic acid groups (broad SMARTS) is 1. The Kier molecular flexibility index (Phi) is 5.08. The van der Waals surface area contributed by atoms with Gasteiger partial charge in [0.05, 0.1) is 5.69 Å². The van der Waals surface area contributed by atoms with Crippen LogP contribution >= 0.6 is 11.5 Å². The summed E-state index contributed by atoms with van der Waals surface area (Å²) in [6.45, 7) is 4.23. The molecule has 0 fully saturated rings. The van der Waals surface area contributed by atoms with Gasteiger partial charge < -0.3 is 10.4 Å². The van der Waals surface area contributed by atoms with Gasteiger partial charge in [0.15, 0.2) is 0 Å². The van der Waals surface area contributed by atoms with E-state index >= 15 is 0 Å². The van der Waals surface area contributed by atoms with Crippen molar-refractivity contribution in [3.8, 4) is 0 Å². The van der Waals surface area contributed by atoms with Gasteiger partial charge in [-0.2, -0.15) is 4.37 Å². The number of aryl methyl sites for hydroxylation is 1. The van der Waals surface area contributed by atoms with Gasteiger partial charge in [-0.25, -0.2) is 9.59 Å². The number of aromatic nitrogens is 1. The van der Waals surface area contributed by atoms with Crippen molar-refractivity contribution in [3.63, 3.8) is 0 Å². The fourth-order valence-corrected chi connectivity index (χ4v) is 2.26. The lowest BCUT2D eigenvalue weighted by Crippen LogP contribution is -2.38. The molecule has 2 N–H and O–H groups in total. The molecule has 6 nitrogen and oxygen atoms in total. The third-order valence-corrected chi connectivity index (χ3v) is 3.49. The summed E-state index contributed by atoms with van der Waals surface area (Å²) in [5.74, 6) is -1.07. The van der Waals surface area contributed by atoms with Crippen LogP contribution < -0.4 is 10.2 Å². The summed E-state index contributed by atoms with van der Waals surface area (Å²) in [6.07, 6.45) is 1.89. The van der Waals surface area contributed by atoms with Crippen molar-refractivity contribution >= 4 is 28.5 Å². The second-order valence-electron chi connectivity index (χ2n) is 3.90. The Bertz CT molecular complexity index is 445. The van der Waals surface area contributed by atoms with E-state index in [0.29, 0.717) is 17.2 Å². The van der Waals surface area contributed by atoms with Crippen molar-refractivity contribution in [2.24, 2.45) is 0 Å². The molecule has 0 saturated heterocycles. The Morgan fingerprint density at radius 1 is 1.50 bits per heavy atom. The molecule has 0 aliphatic rings. The maximum absolute atomic E-state index is 11.8. The van der Waals surface area contributed by atoms with Crippen molar-refractivity contribution in [3.05, 3.63) is 11.3 Å². The molecule has 0 radical (unpaired) electrons. The monoisotopic (exact) mass is 271 g/mol. The quantitative estimate of drug-likeness (QED) is 0.803. The van der Waals surface area contributed by atoms with Crippen molar-refractivity contribution in [1.82, 2.24) is 9.69 Å². The van der Waals surface area contributed by atoms with E-state index in [1.54, 1.807) is 14.0 Å². The van der Waals surface area contributed by atoms with E-state index in [2.05, 4.69) is 9.69 Å². The number of urea groups is 1. The van der Waals surface area contributed by atoms with Crippen LogP contribution in [0.2, 0.25) is 0 Å². The molecule has 0 bridgehead atoms. The van der Waals surface area contributed by atoms with Crippen LogP contribution in [0, 0.1) is 6.92 Å². The van der Waals surface area contributed by atoms with Gasteiger partial charge in [-0.3, -0.25) is 4.90 Å². The summed E-state index contributed by atoms with van der Waals surface area (Å²) in [5, 5.41) is 12.2. The average molecular weight is 271 g/mol. The first-order chi connectivity index (χ1) is 8.49. The minimum atomic E-state index is -1.07. The molecule has 2 amide bonds. The third-order valence-electron chi connectivity index (χ3n) is 2.47. The van der Waals surface area contributed by atoms with Gasteiger partial charge in [0.1, 0.15) is 10.6 Å². The molecule has 0 aliphatic heterocycles. The van der Waals surface area contributed by atoms with Crippen LogP contribution in [-0.2, 0) is 0 Å². The Hall–Kier alpha value is -1.63. The number of carbonyl (C=O) groups excluding carboxylic acids is 1. The van der Waals surface area contributed by atoms with Crippen molar-refractivity contribution < 1.29 is 14.7 Å². The summed E-state index contributed by atoms with van der Waals surface area (Å²) >= 11 is 1.01. The van der Waals surface area contributed by atoms with E-state index < -0.39 is 5.97 Å². The molecule has 0 atom stereocenters. The molecule has 0 unspecified atom stereocenters. The Balaban J connectivity index is 2.80. The predicted octanol–water partition coefficient (Wildman–Crippen LogP) is 2.10. The van der Waals surface area contributed by atoms with Crippen LogP contribution in [0.1, 0.15) is 35.8 Å². The van der Waals surface area contributed by atoms with Crippen LogP contribution in [-0.4, -0.2) is 35.1 Å². The maximum atomic E-state index is 11.8. The summed E-state index contributed by atoms with van der Waals surface area (Å²) < 4.78 is 3.98. The number of hydrogen-bond acceptors (Lipinski definition) is 4. The van der Waals surface area contributed by atoms with Crippen molar-refractivity contribution in [1.29, 1.82) is 0 Å². The number of aromatic carboxylic acids is 1. The normalized spacial score (nSPS) is 10.2. The predicted molar refractivity (Wildman–Crippen MR) is 70.5 cm³/mol. The number of rotatable bonds is 5. The van der Waals surface area contributed by atoms with E-state index in [9.17, 15) is 9.59 Å². The second kappa shape index (κ2) is 6.34. The zero-order chi connectivity index (χ0) is 13.7. The fraction of sp³-hybridized carbons (Fsp3) is 0.545. The van der Waals surface area contributed by atoms with Gasteiger partial charge in [0.25, 0.3) is 0 Å². The summed E-state index contributed by atoms with van der Waals surface area (Å²) in [7, 11) is 1.54. The Morgan fingerprint density at radius 2 is 2.17 bits per heavy atom. The molecule has 1 heterocycles. The largest absolute Gasteiger partial charge is 0.478 e. The molecule has 1 rings (SSSR count). The van der Waals surface area contributed by atoms with E-state index in [1.807, 2.05) is 6.92 Å². The molecule has 18 heavy (non-hydrogen) atoms. The molecule has 0 aromatic carbocycles. The highest BCUT2D eigenvalue weighted by molar-refractivity contribution is 7.11. The highest BCUT2D eigenvalue weighted by Crippen LogP contribution is 2.27. The smallest absolute Gasteiger partial charge is 0.340 e. The summed E-state index contributed by atoms with van der Waals surface area (Å²) in [4.78, 5) is 24.2. The number of hydrogen-bond donors (Lipinski definition) is 2. The molecule has 1 aromatic heterocycles. The fourth-order valence-electron chi connectivity index (χ4n) is 1.42. The SMILES string of the molecule is CCCCNC(=O)N(C)c1snc(C)c1C(=O)O. The second-order valence-corrected chi connectivity index (χ2v) is 4.65. The molecule has 100 valence electrons. The Labute approximate surface area is 110 Å². The lowest BCUT2D eigenvalue weighted by molar-refractivity contribution is 0.0697. The van der Waals surface area contributed by atoms with E-state index in [1.165, 1.54) is 4.90 Å². The van der Waals surface area contributed by atoms with Gasteiger partial charge in [-0.1, -0.05) is 13.3 Å². The van der Waals surface area contributed by atoms with Crippen LogP contribution in [0.3, 0.4) is 0 Å². The van der Waals surface area contributed by atoms with Crippen LogP contribution in [0.15, 0.2) is 0 Å². The number of unbranched alkanes of at least 4 members (excludes halogenated alkanes) is 1. The van der Waals surface area contributed by atoms with Gasteiger partial charge in [0.2, 0.25) is 0 Å². The first-order valence-electron chi connectivity index (χ1n) is 5.70. The van der Waals surface area contributed by atoms with Crippen molar-refractivity contribution in [2.75, 3.05) is 18.5 Å². The van der Waals surface area contributed by atoms with Crippen LogP contribution in [0.25, 0.3) is 0 Å². The minimum Gasteiger partial charge on any atom is -0.478 e. The molecule has 0 aliphatic carbocycles. The van der Waals surface area contributed by atoms with E-state index in [0.717, 1.165) is 24.4 Å². The summed E-state index contributed by atoms with van der Waals surface area (Å²) in [6, 6.07) is -0.311. The van der Waals surface area contributed by atoms with E-state index in [4.69, 9.17) is 5.11 Å². The maximum Gasteiger partial charge on any atom is 0.340 e. The number of anilines is 1. The number of nitrogens with one attached hydrogen (secondary N) is 1. The Morgan fingerprint density at radius 3 is 2.72 bits per heavy atom. The topological polar surface area (TPSA) is 82.5 Å². The van der Waals surface area contributed by atoms with Crippen LogP contribution in [0.5, 0.6) is 0 Å². The minimum absolute atomic E-state index is 0.0909. The molecular weight excluding hydrogens is 254 g/mol. The molecule has 0 saturated carbocycles. The number of carbonyl (C=O) groups is 2. The van der Waals surface area contributed by atoms with Gasteiger partial charge in [-0.15, -0.1) is 0 Å². The first kappa shape index (κ1) is 14.4. The number of amides is 2. The standard InChI is InChI=1S/C11H17N3O3S/c1-4-5-6-12-11(17)14(3)9-8(10(15)16)7(2)13-18-9/h4-6H2,1-3H3,(H,12,17)(H,15,16). The summed E-state index contributed by atoms with van der Waals surface area (Å²) in [5.41, 5.74) is 0.517. The highest BCUT2D eigenvalue weighted by atomic mass is 32.1. The molecule has 0 spiro atoms. The van der Waals surface area contributed by atoms with E-state index in [-0.39, 0.29) is 11.6 Å². The lowest BCUT2D eigenvalue weighted by Gasteiger charge is -2.16. The highest BCUT2D eigenvalue weighted by Gasteiger charge is 2.23. The number of nitrogens with zero attached hydrogens (tertiary/aromatic N) is 2. The van der Waals surface area contributed by atoms with Crippen molar-refractivity contribution in [2.45, 2.75) is 26.7 Å². The van der Waals surface area contributed by atoms with Gasteiger partial charge >= 0.3 is 12.0 Å². The average Bonchev–Trinajstić information content (AvgIpc) is 2.70. The van der Waals surface area contributed by atoms with Crippen LogP contribution in [0.4, 0.5) is 9.80 Å². The zero-order valence-electron chi connectivity index (χ0n) is 10.7. The lowest BCUT2D eigenvalue weighted by atomic mass is 10.2. The third kappa shape index (κ3) is 3.19.